The molecule has 2 atom stereocenters. The molecule has 0 radical (unpaired) electrons. The normalized spacial score (nSPS) is 30.0. The lowest BCUT2D eigenvalue weighted by atomic mass is 10.1. The van der Waals surface area contributed by atoms with Crippen LogP contribution in [-0.4, -0.2) is 47.8 Å². The Morgan fingerprint density at radius 3 is 2.53 bits per heavy atom. The molecule has 1 fully saturated rings. The number of nitrogens with zero attached hydrogens (tertiary/aromatic N) is 1. The fourth-order valence-corrected chi connectivity index (χ4v) is 2.14. The molecule has 0 saturated carbocycles. The number of nitrogens with one attached hydrogen (secondary N) is 1. The average molecular weight is 214 g/mol. The highest BCUT2D eigenvalue weighted by molar-refractivity contribution is 4.86. The number of hydrogen-bond donors (Lipinski definition) is 2. The summed E-state index contributed by atoms with van der Waals surface area (Å²) >= 11 is 0. The fourth-order valence-electron chi connectivity index (χ4n) is 2.14. The van der Waals surface area contributed by atoms with Crippen molar-refractivity contribution in [3.63, 3.8) is 0 Å². The highest BCUT2D eigenvalue weighted by Gasteiger charge is 2.31. The summed E-state index contributed by atoms with van der Waals surface area (Å²) in [4.78, 5) is 2.37. The summed E-state index contributed by atoms with van der Waals surface area (Å²) in [7, 11) is 0. The Hall–Kier alpha value is -0.120. The monoisotopic (exact) mass is 214 g/mol. The Morgan fingerprint density at radius 1 is 1.40 bits per heavy atom. The van der Waals surface area contributed by atoms with Gasteiger partial charge in [-0.3, -0.25) is 0 Å². The quantitative estimate of drug-likeness (QED) is 0.719. The van der Waals surface area contributed by atoms with E-state index in [2.05, 4.69) is 31.0 Å². The maximum absolute atomic E-state index is 9.84. The molecule has 15 heavy (non-hydrogen) atoms. The molecule has 1 saturated heterocycles. The Balaban J connectivity index is 2.19. The molecule has 3 heteroatoms. The minimum atomic E-state index is -0.453. The first-order valence-corrected chi connectivity index (χ1v) is 6.07. The maximum Gasteiger partial charge on any atom is 0.0758 e. The molecule has 1 heterocycles. The molecule has 2 unspecified atom stereocenters. The second-order valence-corrected chi connectivity index (χ2v) is 5.65. The summed E-state index contributed by atoms with van der Waals surface area (Å²) in [5.74, 6) is 0.654. The van der Waals surface area contributed by atoms with E-state index in [1.807, 2.05) is 6.92 Å². The van der Waals surface area contributed by atoms with E-state index in [9.17, 15) is 5.11 Å². The number of β-amino-alcohol motifs (C(OH)–C–C–N with tert-alkyl or cyclic N) is 1. The molecule has 0 bridgehead atoms. The molecule has 1 rings (SSSR count). The summed E-state index contributed by atoms with van der Waals surface area (Å²) in [5, 5.41) is 13.3. The first-order valence-electron chi connectivity index (χ1n) is 6.07. The van der Waals surface area contributed by atoms with Gasteiger partial charge in [-0.1, -0.05) is 20.8 Å². The van der Waals surface area contributed by atoms with Gasteiger partial charge in [-0.15, -0.1) is 0 Å². The Labute approximate surface area is 93.9 Å². The van der Waals surface area contributed by atoms with Gasteiger partial charge in [0, 0.05) is 25.7 Å². The van der Waals surface area contributed by atoms with Crippen LogP contribution >= 0.6 is 0 Å². The molecule has 1 aliphatic heterocycles. The van der Waals surface area contributed by atoms with Crippen LogP contribution in [0.5, 0.6) is 0 Å². The Bertz CT molecular complexity index is 192. The lowest BCUT2D eigenvalue weighted by molar-refractivity contribution is 0.0670. The van der Waals surface area contributed by atoms with Crippen molar-refractivity contribution in [2.24, 2.45) is 5.92 Å². The first-order chi connectivity index (χ1) is 6.89. The van der Waals surface area contributed by atoms with Crippen molar-refractivity contribution in [2.75, 3.05) is 26.2 Å². The third-order valence-electron chi connectivity index (χ3n) is 2.98. The van der Waals surface area contributed by atoms with E-state index < -0.39 is 5.60 Å². The van der Waals surface area contributed by atoms with Gasteiger partial charge in [-0.2, -0.15) is 0 Å². The molecule has 0 amide bonds. The molecule has 90 valence electrons. The molecule has 3 nitrogen and oxygen atoms in total. The van der Waals surface area contributed by atoms with Crippen LogP contribution in [-0.2, 0) is 0 Å². The van der Waals surface area contributed by atoms with Gasteiger partial charge in [0.2, 0.25) is 0 Å². The average Bonchev–Trinajstić information content (AvgIpc) is 2.42. The van der Waals surface area contributed by atoms with Crippen LogP contribution in [0.2, 0.25) is 0 Å². The zero-order valence-corrected chi connectivity index (χ0v) is 10.6. The molecule has 0 aromatic heterocycles. The molecule has 0 aromatic rings. The van der Waals surface area contributed by atoms with Crippen LogP contribution in [0.3, 0.4) is 0 Å². The zero-order chi connectivity index (χ0) is 11.5. The lowest BCUT2D eigenvalue weighted by Crippen LogP contribution is -2.36. The van der Waals surface area contributed by atoms with E-state index in [0.29, 0.717) is 12.0 Å². The minimum Gasteiger partial charge on any atom is -0.389 e. The van der Waals surface area contributed by atoms with E-state index in [-0.39, 0.29) is 0 Å². The zero-order valence-electron chi connectivity index (χ0n) is 10.6. The number of hydrogen-bond acceptors (Lipinski definition) is 3. The standard InChI is InChI=1S/C12H26N2O/c1-10(2)13-7-11(3)8-14-6-5-12(4,15)9-14/h10-11,13,15H,5-9H2,1-4H3. The van der Waals surface area contributed by atoms with E-state index in [1.165, 1.54) is 0 Å². The lowest BCUT2D eigenvalue weighted by Gasteiger charge is -2.23. The van der Waals surface area contributed by atoms with E-state index in [1.54, 1.807) is 0 Å². The third-order valence-corrected chi connectivity index (χ3v) is 2.98. The molecule has 0 spiro atoms. The van der Waals surface area contributed by atoms with Crippen LogP contribution in [0.4, 0.5) is 0 Å². The van der Waals surface area contributed by atoms with Crippen LogP contribution in [0.1, 0.15) is 34.1 Å². The number of likely N-dealkylation sites (tertiary alicyclic amines) is 1. The van der Waals surface area contributed by atoms with Crippen molar-refractivity contribution < 1.29 is 5.11 Å². The Kier molecular flexibility index (Phi) is 4.56. The summed E-state index contributed by atoms with van der Waals surface area (Å²) in [6, 6.07) is 0.564. The molecule has 0 aromatic carbocycles. The second kappa shape index (κ2) is 5.28. The van der Waals surface area contributed by atoms with Gasteiger partial charge in [0.25, 0.3) is 0 Å². The summed E-state index contributed by atoms with van der Waals surface area (Å²) in [6.07, 6.45) is 0.914. The molecule has 1 aliphatic rings. The van der Waals surface area contributed by atoms with Gasteiger partial charge in [0.05, 0.1) is 5.60 Å². The smallest absolute Gasteiger partial charge is 0.0758 e. The van der Waals surface area contributed by atoms with Crippen LogP contribution in [0.25, 0.3) is 0 Å². The van der Waals surface area contributed by atoms with Crippen LogP contribution in [0, 0.1) is 5.92 Å². The SMILES string of the molecule is CC(CNC(C)C)CN1CCC(C)(O)C1. The van der Waals surface area contributed by atoms with Gasteiger partial charge in [0.15, 0.2) is 0 Å². The van der Waals surface area contributed by atoms with Crippen molar-refractivity contribution in [1.29, 1.82) is 0 Å². The van der Waals surface area contributed by atoms with Crippen molar-refractivity contribution in [3.8, 4) is 0 Å². The van der Waals surface area contributed by atoms with Crippen molar-refractivity contribution in [1.82, 2.24) is 10.2 Å². The van der Waals surface area contributed by atoms with Gasteiger partial charge < -0.3 is 15.3 Å². The van der Waals surface area contributed by atoms with E-state index in [4.69, 9.17) is 0 Å². The van der Waals surface area contributed by atoms with Crippen molar-refractivity contribution >= 4 is 0 Å². The van der Waals surface area contributed by atoms with Gasteiger partial charge in [-0.05, 0) is 25.8 Å². The third kappa shape index (κ3) is 4.96. The molecular formula is C12H26N2O. The number of rotatable bonds is 5. The van der Waals surface area contributed by atoms with E-state index in [0.717, 1.165) is 32.6 Å². The molecular weight excluding hydrogens is 188 g/mol. The molecule has 2 N–H and O–H groups in total. The highest BCUT2D eigenvalue weighted by atomic mass is 16.3. The van der Waals surface area contributed by atoms with Crippen LogP contribution in [0.15, 0.2) is 0 Å². The van der Waals surface area contributed by atoms with Gasteiger partial charge in [0.1, 0.15) is 0 Å². The number of aliphatic hydroxyl groups is 1. The summed E-state index contributed by atoms with van der Waals surface area (Å²) in [5.41, 5.74) is -0.453. The van der Waals surface area contributed by atoms with Gasteiger partial charge in [-0.25, -0.2) is 0 Å². The fraction of sp³-hybridized carbons (Fsp3) is 1.00. The van der Waals surface area contributed by atoms with Crippen molar-refractivity contribution in [2.45, 2.75) is 45.8 Å². The summed E-state index contributed by atoms with van der Waals surface area (Å²) < 4.78 is 0. The minimum absolute atomic E-state index is 0.453. The predicted octanol–water partition coefficient (Wildman–Crippen LogP) is 1.08. The molecule has 0 aliphatic carbocycles. The van der Waals surface area contributed by atoms with Crippen LogP contribution < -0.4 is 5.32 Å². The predicted molar refractivity (Wildman–Crippen MR) is 64.0 cm³/mol. The largest absolute Gasteiger partial charge is 0.389 e. The highest BCUT2D eigenvalue weighted by Crippen LogP contribution is 2.20. The van der Waals surface area contributed by atoms with Crippen molar-refractivity contribution in [3.05, 3.63) is 0 Å². The first kappa shape index (κ1) is 12.9. The topological polar surface area (TPSA) is 35.5 Å². The second-order valence-electron chi connectivity index (χ2n) is 5.65. The summed E-state index contributed by atoms with van der Waals surface area (Å²) in [6.45, 7) is 12.6. The maximum atomic E-state index is 9.84. The Morgan fingerprint density at radius 2 is 2.07 bits per heavy atom. The van der Waals surface area contributed by atoms with E-state index >= 15 is 0 Å². The van der Waals surface area contributed by atoms with Gasteiger partial charge >= 0.3 is 0 Å².